The van der Waals surface area contributed by atoms with Crippen molar-refractivity contribution in [1.29, 1.82) is 0 Å². The molecule has 4 aromatic rings. The standard InChI is InChI=1S/C26H16F2N2O5S/c27-14-6-7-17-20(12-14)36-26(29-17)30-22(15-3-1-2-4-16(15)28)21(24(32)25(30)33)23(31)13-5-8-18-19(11-13)35-10-9-34-18/h1-8,11-12,22,31H,9-10H2/b23-21+. The van der Waals surface area contributed by atoms with Crippen LogP contribution >= 0.6 is 11.3 Å². The van der Waals surface area contributed by atoms with Gasteiger partial charge < -0.3 is 14.6 Å². The summed E-state index contributed by atoms with van der Waals surface area (Å²) >= 11 is 0.985. The zero-order valence-corrected chi connectivity index (χ0v) is 19.2. The SMILES string of the molecule is O=C1C(=O)N(c2nc3ccc(F)cc3s2)C(c2ccccc2F)/C1=C(\O)c1ccc2c(c1)OCCO2. The number of hydrogen-bond donors (Lipinski definition) is 1. The quantitative estimate of drug-likeness (QED) is 0.240. The van der Waals surface area contributed by atoms with Gasteiger partial charge in [0.25, 0.3) is 5.78 Å². The van der Waals surface area contributed by atoms with Gasteiger partial charge in [-0.3, -0.25) is 14.5 Å². The molecule has 3 heterocycles. The number of hydrogen-bond acceptors (Lipinski definition) is 7. The number of amides is 1. The van der Waals surface area contributed by atoms with Crippen molar-refractivity contribution in [2.24, 2.45) is 0 Å². The number of halogens is 2. The van der Waals surface area contributed by atoms with E-state index in [2.05, 4.69) is 4.98 Å². The average Bonchev–Trinajstić information content (AvgIpc) is 3.41. The molecule has 0 saturated carbocycles. The summed E-state index contributed by atoms with van der Waals surface area (Å²) in [6.07, 6.45) is 0. The van der Waals surface area contributed by atoms with Crippen molar-refractivity contribution in [3.63, 3.8) is 0 Å². The highest BCUT2D eigenvalue weighted by Crippen LogP contribution is 2.45. The minimum Gasteiger partial charge on any atom is -0.507 e. The van der Waals surface area contributed by atoms with E-state index in [1.807, 2.05) is 0 Å². The van der Waals surface area contributed by atoms with Crippen molar-refractivity contribution in [3.8, 4) is 11.5 Å². The van der Waals surface area contributed by atoms with Gasteiger partial charge in [0.1, 0.15) is 36.6 Å². The Balaban J connectivity index is 1.55. The number of rotatable bonds is 3. The summed E-state index contributed by atoms with van der Waals surface area (Å²) in [5.74, 6) is -2.78. The molecule has 3 aromatic carbocycles. The number of carbonyl (C=O) groups is 2. The number of anilines is 1. The van der Waals surface area contributed by atoms with Gasteiger partial charge in [0.05, 0.1) is 15.8 Å². The first-order chi connectivity index (χ1) is 17.4. The molecule has 1 aromatic heterocycles. The number of ketones is 1. The molecule has 2 aliphatic heterocycles. The summed E-state index contributed by atoms with van der Waals surface area (Å²) in [4.78, 5) is 32.0. The summed E-state index contributed by atoms with van der Waals surface area (Å²) in [6.45, 7) is 0.692. The number of aliphatic hydroxyl groups is 1. The molecule has 6 rings (SSSR count). The fraction of sp³-hybridized carbons (Fsp3) is 0.115. The molecule has 10 heteroatoms. The number of benzene rings is 3. The second kappa shape index (κ2) is 8.42. The maximum atomic E-state index is 15.0. The number of aliphatic hydroxyl groups excluding tert-OH is 1. The van der Waals surface area contributed by atoms with Crippen molar-refractivity contribution in [3.05, 3.63) is 89.0 Å². The maximum absolute atomic E-state index is 15.0. The molecule has 1 fully saturated rings. The van der Waals surface area contributed by atoms with Crippen LogP contribution in [0.3, 0.4) is 0 Å². The maximum Gasteiger partial charge on any atom is 0.301 e. The van der Waals surface area contributed by atoms with Crippen LogP contribution in [0.15, 0.2) is 66.2 Å². The van der Waals surface area contributed by atoms with Crippen LogP contribution in [0.2, 0.25) is 0 Å². The smallest absolute Gasteiger partial charge is 0.301 e. The Morgan fingerprint density at radius 1 is 1.00 bits per heavy atom. The van der Waals surface area contributed by atoms with E-state index < -0.39 is 35.1 Å². The predicted molar refractivity (Wildman–Crippen MR) is 128 cm³/mol. The highest BCUT2D eigenvalue weighted by atomic mass is 32.1. The van der Waals surface area contributed by atoms with Crippen LogP contribution in [0.5, 0.6) is 11.5 Å². The van der Waals surface area contributed by atoms with Gasteiger partial charge in [0, 0.05) is 11.1 Å². The first-order valence-electron chi connectivity index (χ1n) is 10.9. The van der Waals surface area contributed by atoms with Gasteiger partial charge in [-0.05, 0) is 42.5 Å². The molecule has 2 aliphatic rings. The Hall–Kier alpha value is -4.31. The number of fused-ring (bicyclic) bond motifs is 2. The topological polar surface area (TPSA) is 89.0 Å². The molecule has 1 amide bonds. The van der Waals surface area contributed by atoms with Crippen LogP contribution in [0.1, 0.15) is 17.2 Å². The van der Waals surface area contributed by atoms with E-state index in [1.54, 1.807) is 12.1 Å². The van der Waals surface area contributed by atoms with Crippen molar-refractivity contribution >= 4 is 44.1 Å². The molecule has 0 aliphatic carbocycles. The van der Waals surface area contributed by atoms with Crippen LogP contribution < -0.4 is 14.4 Å². The van der Waals surface area contributed by atoms with Crippen LogP contribution in [-0.4, -0.2) is 35.0 Å². The molecule has 7 nitrogen and oxygen atoms in total. The first kappa shape index (κ1) is 22.2. The first-order valence-corrected chi connectivity index (χ1v) is 11.8. The van der Waals surface area contributed by atoms with E-state index in [9.17, 15) is 19.1 Å². The summed E-state index contributed by atoms with van der Waals surface area (Å²) in [5, 5.41) is 11.3. The van der Waals surface area contributed by atoms with Gasteiger partial charge in [0.2, 0.25) is 0 Å². The van der Waals surface area contributed by atoms with Crippen LogP contribution in [0.4, 0.5) is 13.9 Å². The van der Waals surface area contributed by atoms with Crippen LogP contribution in [0.25, 0.3) is 16.0 Å². The van der Waals surface area contributed by atoms with Crippen LogP contribution in [-0.2, 0) is 9.59 Å². The molecule has 0 spiro atoms. The van der Waals surface area contributed by atoms with Gasteiger partial charge in [-0.25, -0.2) is 13.8 Å². The lowest BCUT2D eigenvalue weighted by atomic mass is 9.95. The predicted octanol–water partition coefficient (Wildman–Crippen LogP) is 4.97. The molecular weight excluding hydrogens is 490 g/mol. The number of ether oxygens (including phenoxy) is 2. The van der Waals surface area contributed by atoms with Gasteiger partial charge in [0.15, 0.2) is 16.6 Å². The number of Topliss-reactive ketones (excluding diaryl/α,β-unsaturated/α-hetero) is 1. The van der Waals surface area contributed by atoms with Crippen molar-refractivity contribution in [1.82, 2.24) is 4.98 Å². The molecule has 36 heavy (non-hydrogen) atoms. The zero-order chi connectivity index (χ0) is 25.0. The Kier molecular flexibility index (Phi) is 5.18. The van der Waals surface area contributed by atoms with E-state index in [4.69, 9.17) is 9.47 Å². The van der Waals surface area contributed by atoms with E-state index in [-0.39, 0.29) is 21.8 Å². The lowest BCUT2D eigenvalue weighted by molar-refractivity contribution is -0.132. The third-order valence-electron chi connectivity index (χ3n) is 6.01. The Morgan fingerprint density at radius 3 is 2.58 bits per heavy atom. The molecule has 1 unspecified atom stereocenters. The van der Waals surface area contributed by atoms with Gasteiger partial charge in [-0.15, -0.1) is 0 Å². The van der Waals surface area contributed by atoms with Gasteiger partial charge in [-0.1, -0.05) is 29.5 Å². The number of nitrogens with zero attached hydrogens (tertiary/aromatic N) is 2. The molecule has 1 saturated heterocycles. The molecule has 0 radical (unpaired) electrons. The summed E-state index contributed by atoms with van der Waals surface area (Å²) in [6, 6.07) is 12.9. The Bertz CT molecular complexity index is 1600. The fourth-order valence-electron chi connectivity index (χ4n) is 4.36. The minimum absolute atomic E-state index is 0.00114. The average molecular weight is 506 g/mol. The third-order valence-corrected chi connectivity index (χ3v) is 7.02. The number of thiazole rings is 1. The summed E-state index contributed by atoms with van der Waals surface area (Å²) in [5.41, 5.74) is 0.316. The second-order valence-corrected chi connectivity index (χ2v) is 9.17. The summed E-state index contributed by atoms with van der Waals surface area (Å²) < 4.78 is 40.3. The highest BCUT2D eigenvalue weighted by Gasteiger charge is 2.49. The lowest BCUT2D eigenvalue weighted by Gasteiger charge is -2.23. The number of aromatic nitrogens is 1. The van der Waals surface area contributed by atoms with E-state index in [1.165, 1.54) is 48.5 Å². The third kappa shape index (κ3) is 3.49. The fourth-order valence-corrected chi connectivity index (χ4v) is 5.37. The minimum atomic E-state index is -1.30. The van der Waals surface area contributed by atoms with Gasteiger partial charge >= 0.3 is 5.91 Å². The summed E-state index contributed by atoms with van der Waals surface area (Å²) in [7, 11) is 0. The van der Waals surface area contributed by atoms with E-state index in [0.29, 0.717) is 34.9 Å². The molecule has 1 N–H and O–H groups in total. The number of carbonyl (C=O) groups excluding carboxylic acids is 2. The molecule has 0 bridgehead atoms. The Morgan fingerprint density at radius 2 is 1.78 bits per heavy atom. The Labute approximate surface area is 206 Å². The van der Waals surface area contributed by atoms with Crippen molar-refractivity contribution in [2.75, 3.05) is 18.1 Å². The second-order valence-electron chi connectivity index (χ2n) is 8.16. The van der Waals surface area contributed by atoms with E-state index in [0.717, 1.165) is 16.2 Å². The highest BCUT2D eigenvalue weighted by molar-refractivity contribution is 7.22. The lowest BCUT2D eigenvalue weighted by Crippen LogP contribution is -2.29. The molecule has 1 atom stereocenters. The normalized spacial score (nSPS) is 18.7. The zero-order valence-electron chi connectivity index (χ0n) is 18.4. The molecular formula is C26H16F2N2O5S. The van der Waals surface area contributed by atoms with E-state index >= 15 is 4.39 Å². The monoisotopic (exact) mass is 506 g/mol. The van der Waals surface area contributed by atoms with Gasteiger partial charge in [-0.2, -0.15) is 0 Å². The van der Waals surface area contributed by atoms with Crippen molar-refractivity contribution in [2.45, 2.75) is 6.04 Å². The van der Waals surface area contributed by atoms with Crippen LogP contribution in [0, 0.1) is 11.6 Å². The molecule has 180 valence electrons. The van der Waals surface area contributed by atoms with Crippen molar-refractivity contribution < 1.29 is 33.0 Å². The largest absolute Gasteiger partial charge is 0.507 e.